The van der Waals surface area contributed by atoms with Crippen molar-refractivity contribution in [2.75, 3.05) is 0 Å². The highest BCUT2D eigenvalue weighted by Crippen LogP contribution is 2.12. The quantitative estimate of drug-likeness (QED) is 0.777. The fourth-order valence-corrected chi connectivity index (χ4v) is 1.24. The zero-order chi connectivity index (χ0) is 12.7. The normalized spacial score (nSPS) is 9.06. The van der Waals surface area contributed by atoms with Gasteiger partial charge in [0.2, 0.25) is 0 Å². The van der Waals surface area contributed by atoms with E-state index < -0.39 is 0 Å². The molecule has 0 bridgehead atoms. The molecule has 0 aromatic heterocycles. The number of ketones is 1. The highest BCUT2D eigenvalue weighted by atomic mass is 35.5. The largest absolute Gasteiger partial charge is 0.508 e. The molecule has 0 heterocycles. The lowest BCUT2D eigenvalue weighted by Crippen LogP contribution is -1.88. The summed E-state index contributed by atoms with van der Waals surface area (Å²) >= 11 is 5.50. The highest BCUT2D eigenvalue weighted by molar-refractivity contribution is 6.30. The maximum absolute atomic E-state index is 10.6. The van der Waals surface area contributed by atoms with Crippen molar-refractivity contribution in [2.45, 2.75) is 6.92 Å². The summed E-state index contributed by atoms with van der Waals surface area (Å²) in [6.45, 7) is 1.56. The lowest BCUT2D eigenvalue weighted by Gasteiger charge is -1.89. The average Bonchev–Trinajstić information content (AvgIpc) is 2.35. The Morgan fingerprint density at radius 1 is 1.00 bits per heavy atom. The fourth-order valence-electron chi connectivity index (χ4n) is 1.11. The van der Waals surface area contributed by atoms with Gasteiger partial charge in [-0.3, -0.25) is 4.79 Å². The van der Waals surface area contributed by atoms with E-state index in [9.17, 15) is 4.79 Å². The van der Waals surface area contributed by atoms with E-state index in [2.05, 4.69) is 0 Å². The van der Waals surface area contributed by atoms with Crippen LogP contribution >= 0.6 is 11.6 Å². The van der Waals surface area contributed by atoms with E-state index >= 15 is 0 Å². The minimum absolute atomic E-state index is 0.121. The molecule has 1 N–H and O–H groups in total. The number of benzene rings is 2. The van der Waals surface area contributed by atoms with Crippen molar-refractivity contribution in [2.24, 2.45) is 0 Å². The molecule has 0 radical (unpaired) electrons. The first kappa shape index (κ1) is 13.3. The van der Waals surface area contributed by atoms with Gasteiger partial charge in [0.15, 0.2) is 5.78 Å². The van der Waals surface area contributed by atoms with Gasteiger partial charge in [0.1, 0.15) is 5.75 Å². The van der Waals surface area contributed by atoms with Crippen LogP contribution in [0, 0.1) is 0 Å². The van der Waals surface area contributed by atoms with Gasteiger partial charge in [-0.2, -0.15) is 0 Å². The number of Topliss-reactive ketones (excluding diaryl/α,β-unsaturated/α-hetero) is 1. The summed E-state index contributed by atoms with van der Waals surface area (Å²) in [7, 11) is 0. The summed E-state index contributed by atoms with van der Waals surface area (Å²) in [5, 5.41) is 9.34. The van der Waals surface area contributed by atoms with Crippen LogP contribution in [0.3, 0.4) is 0 Å². The minimum atomic E-state index is 0.121. The Morgan fingerprint density at radius 3 is 1.88 bits per heavy atom. The molecule has 2 rings (SSSR count). The topological polar surface area (TPSA) is 37.3 Å². The lowest BCUT2D eigenvalue weighted by molar-refractivity contribution is 0.101. The molecule has 0 aliphatic rings. The maximum Gasteiger partial charge on any atom is 0.159 e. The van der Waals surface area contributed by atoms with Crippen molar-refractivity contribution in [1.82, 2.24) is 0 Å². The molecule has 88 valence electrons. The molecule has 2 nitrogen and oxygen atoms in total. The van der Waals surface area contributed by atoms with Crippen molar-refractivity contribution < 1.29 is 9.90 Å². The second-order valence-electron chi connectivity index (χ2n) is 3.40. The Morgan fingerprint density at radius 2 is 1.53 bits per heavy atom. The van der Waals surface area contributed by atoms with Crippen LogP contribution in [-0.2, 0) is 0 Å². The molecule has 3 heteroatoms. The summed E-state index contributed by atoms with van der Waals surface area (Å²) in [5.74, 6) is 0.366. The van der Waals surface area contributed by atoms with Crippen LogP contribution in [0.2, 0.25) is 5.02 Å². The van der Waals surface area contributed by atoms with E-state index in [0.717, 1.165) is 5.56 Å². The summed E-state index contributed by atoms with van der Waals surface area (Å²) in [5.41, 5.74) is 0.775. The van der Waals surface area contributed by atoms with Gasteiger partial charge in [0, 0.05) is 10.6 Å². The number of carbonyl (C=O) groups is 1. The number of phenols is 1. The molecular formula is C14H13ClO2. The number of rotatable bonds is 1. The molecule has 17 heavy (non-hydrogen) atoms. The number of hydrogen-bond acceptors (Lipinski definition) is 2. The molecule has 2 aromatic rings. The smallest absolute Gasteiger partial charge is 0.159 e. The van der Waals surface area contributed by atoms with Gasteiger partial charge in [0.05, 0.1) is 0 Å². The summed E-state index contributed by atoms with van der Waals surface area (Å²) in [4.78, 5) is 10.6. The van der Waals surface area contributed by atoms with Gasteiger partial charge in [-0.05, 0) is 31.2 Å². The number of halogens is 1. The standard InChI is InChI=1S/C8H8O.C6H5ClO/c1-7(9)8-5-3-2-4-6-8;7-5-1-3-6(8)4-2-5/h2-6H,1H3;1-4,8H. The van der Waals surface area contributed by atoms with E-state index in [4.69, 9.17) is 16.7 Å². The molecule has 0 fully saturated rings. The second kappa shape index (κ2) is 6.71. The van der Waals surface area contributed by atoms with E-state index in [1.165, 1.54) is 0 Å². The first-order valence-electron chi connectivity index (χ1n) is 5.10. The first-order valence-corrected chi connectivity index (χ1v) is 5.48. The van der Waals surface area contributed by atoms with Crippen LogP contribution < -0.4 is 0 Å². The molecule has 0 unspecified atom stereocenters. The van der Waals surface area contributed by atoms with Crippen molar-refractivity contribution in [1.29, 1.82) is 0 Å². The second-order valence-corrected chi connectivity index (χ2v) is 3.84. The van der Waals surface area contributed by atoms with Gasteiger partial charge in [-0.25, -0.2) is 0 Å². The van der Waals surface area contributed by atoms with Crippen molar-refractivity contribution in [3.63, 3.8) is 0 Å². The van der Waals surface area contributed by atoms with Crippen molar-refractivity contribution >= 4 is 17.4 Å². The Kier molecular flexibility index (Phi) is 5.24. The maximum atomic E-state index is 10.6. The monoisotopic (exact) mass is 248 g/mol. The first-order chi connectivity index (χ1) is 8.09. The SMILES string of the molecule is CC(=O)c1ccccc1.Oc1ccc(Cl)cc1. The van der Waals surface area contributed by atoms with E-state index in [-0.39, 0.29) is 11.5 Å². The molecule has 0 atom stereocenters. The summed E-state index contributed by atoms with van der Waals surface area (Å²) in [6, 6.07) is 15.6. The molecule has 0 saturated heterocycles. The third-order valence-corrected chi connectivity index (χ3v) is 2.26. The Hall–Kier alpha value is -1.80. The Bertz CT molecular complexity index is 442. The third-order valence-electron chi connectivity index (χ3n) is 2.01. The molecule has 0 aliphatic heterocycles. The Labute approximate surface area is 105 Å². The van der Waals surface area contributed by atoms with Crippen molar-refractivity contribution in [3.05, 3.63) is 65.2 Å². The molecular weight excluding hydrogens is 236 g/mol. The van der Waals surface area contributed by atoms with E-state index in [0.29, 0.717) is 5.02 Å². The van der Waals surface area contributed by atoms with Gasteiger partial charge in [0.25, 0.3) is 0 Å². The minimum Gasteiger partial charge on any atom is -0.508 e. The highest BCUT2D eigenvalue weighted by Gasteiger charge is 1.92. The van der Waals surface area contributed by atoms with E-state index in [1.807, 2.05) is 30.3 Å². The van der Waals surface area contributed by atoms with Crippen molar-refractivity contribution in [3.8, 4) is 5.75 Å². The summed E-state index contributed by atoms with van der Waals surface area (Å²) in [6.07, 6.45) is 0. The van der Waals surface area contributed by atoms with Gasteiger partial charge >= 0.3 is 0 Å². The average molecular weight is 249 g/mol. The number of phenolic OH excluding ortho intramolecular Hbond substituents is 1. The molecule has 0 saturated carbocycles. The summed E-state index contributed by atoms with van der Waals surface area (Å²) < 4.78 is 0. The third kappa shape index (κ3) is 5.18. The van der Waals surface area contributed by atoms with Gasteiger partial charge in [-0.15, -0.1) is 0 Å². The predicted octanol–water partition coefficient (Wildman–Crippen LogP) is 3.93. The van der Waals surface area contributed by atoms with Crippen LogP contribution in [-0.4, -0.2) is 10.9 Å². The molecule has 2 aromatic carbocycles. The van der Waals surface area contributed by atoms with Crippen LogP contribution in [0.4, 0.5) is 0 Å². The number of hydrogen-bond donors (Lipinski definition) is 1. The van der Waals surface area contributed by atoms with E-state index in [1.54, 1.807) is 31.2 Å². The predicted molar refractivity (Wildman–Crippen MR) is 69.6 cm³/mol. The fraction of sp³-hybridized carbons (Fsp3) is 0.0714. The lowest BCUT2D eigenvalue weighted by atomic mass is 10.2. The number of carbonyl (C=O) groups excluding carboxylic acids is 1. The zero-order valence-electron chi connectivity index (χ0n) is 9.43. The molecule has 0 amide bonds. The zero-order valence-corrected chi connectivity index (χ0v) is 10.2. The van der Waals surface area contributed by atoms with Crippen LogP contribution in [0.1, 0.15) is 17.3 Å². The number of aromatic hydroxyl groups is 1. The van der Waals surface area contributed by atoms with Crippen LogP contribution in [0.25, 0.3) is 0 Å². The van der Waals surface area contributed by atoms with Gasteiger partial charge in [-0.1, -0.05) is 41.9 Å². The molecule has 0 aliphatic carbocycles. The van der Waals surface area contributed by atoms with Crippen LogP contribution in [0.15, 0.2) is 54.6 Å². The molecule has 0 spiro atoms. The van der Waals surface area contributed by atoms with Gasteiger partial charge < -0.3 is 5.11 Å². The van der Waals surface area contributed by atoms with Crippen LogP contribution in [0.5, 0.6) is 5.75 Å². The Balaban J connectivity index is 0.000000171.